The fraction of sp³-hybridized carbons (Fsp3) is 0.855. The zero-order valence-corrected chi connectivity index (χ0v) is 71.4. The van der Waals surface area contributed by atoms with Gasteiger partial charge in [-0.2, -0.15) is 0 Å². The van der Waals surface area contributed by atoms with Gasteiger partial charge < -0.3 is 158 Å². The first-order chi connectivity index (χ1) is 58.6. The van der Waals surface area contributed by atoms with Crippen LogP contribution in [0.25, 0.3) is 0 Å². The number of ether oxygens (including phenoxy) is 18. The van der Waals surface area contributed by atoms with Crippen LogP contribution in [0.5, 0.6) is 0 Å². The highest BCUT2D eigenvalue weighted by Crippen LogP contribution is 2.34. The van der Waals surface area contributed by atoms with Crippen LogP contribution in [-0.2, 0) is 116 Å². The highest BCUT2D eigenvalue weighted by molar-refractivity contribution is 5.79. The minimum Gasteiger partial charge on any atom is -0.445 e. The standard InChI is InChI=1S/C83H145N5O33/c1-60-72(97)75(100)65(53-89)119-78(60)113-49-46-107-43-40-104-35-27-84-69(94)22-32-110-57-82(58-111-33-23-70(95)85-28-36-105-41-44-108-47-50-114-79-61(2)73(98)76(101)66(54-90)120-79,59-112-34-24-71(96)86-29-37-106-42-45-109-48-51-115-80-62(3)74(99)77(102)67(55-91)121-80)52-64(92)20-14-8-6-4-5-7-9-15-21-68(93)87-30-38-117-83(25-16-11-17-26-83)118-39-31-88-81(103)116-56-63-18-12-10-13-19-63/h10,12-13,18-19,60-62,65-67,72-80,89-91,97-102H,4-9,11,14-17,20-59H2,1-3H3,(H,84,94)(H,85,95)(H,86,96)(H,87,93)(H,88,103). The lowest BCUT2D eigenvalue weighted by molar-refractivity contribution is -0.284. The summed E-state index contributed by atoms with van der Waals surface area (Å²) in [5.41, 5.74) is -0.235. The molecule has 38 heteroatoms. The molecule has 14 N–H and O–H groups in total. The monoisotopic (exact) mass is 1740 g/mol. The molecule has 1 saturated carbocycles. The number of carbonyl (C=O) groups is 6. The minimum atomic E-state index is -1.23. The smallest absolute Gasteiger partial charge is 0.407 e. The predicted molar refractivity (Wildman–Crippen MR) is 432 cm³/mol. The Labute approximate surface area is 711 Å². The van der Waals surface area contributed by atoms with Gasteiger partial charge in [0.15, 0.2) is 24.7 Å². The number of hydrogen-bond acceptors (Lipinski definition) is 33. The summed E-state index contributed by atoms with van der Waals surface area (Å²) in [7, 11) is 0. The first kappa shape index (κ1) is 107. The van der Waals surface area contributed by atoms with Gasteiger partial charge in [0.1, 0.15) is 49.0 Å². The molecule has 3 aliphatic heterocycles. The Morgan fingerprint density at radius 2 is 0.711 bits per heavy atom. The highest BCUT2D eigenvalue weighted by Gasteiger charge is 2.45. The molecule has 0 radical (unpaired) electrons. The molecule has 5 rings (SSSR count). The Kier molecular flexibility index (Phi) is 57.0. The van der Waals surface area contributed by atoms with Crippen molar-refractivity contribution in [1.29, 1.82) is 0 Å². The number of ketones is 1. The number of hydrogen-bond donors (Lipinski definition) is 14. The van der Waals surface area contributed by atoms with Crippen LogP contribution in [0.15, 0.2) is 30.3 Å². The summed E-state index contributed by atoms with van der Waals surface area (Å²) < 4.78 is 104. The maximum absolute atomic E-state index is 14.2. The molecule has 0 aromatic heterocycles. The number of Topliss-reactive ketones (excluding diaryl/α,β-unsaturated/α-hetero) is 1. The van der Waals surface area contributed by atoms with Gasteiger partial charge in [-0.15, -0.1) is 0 Å². The van der Waals surface area contributed by atoms with E-state index in [4.69, 9.17) is 85.3 Å². The fourth-order valence-electron chi connectivity index (χ4n) is 13.8. The molecule has 121 heavy (non-hydrogen) atoms. The molecule has 15 atom stereocenters. The highest BCUT2D eigenvalue weighted by atomic mass is 16.7. The van der Waals surface area contributed by atoms with Crippen molar-refractivity contribution >= 4 is 35.5 Å². The molecule has 0 bridgehead atoms. The molecule has 4 aliphatic rings. The van der Waals surface area contributed by atoms with Gasteiger partial charge in [-0.05, 0) is 31.2 Å². The second-order valence-corrected chi connectivity index (χ2v) is 31.0. The fourth-order valence-corrected chi connectivity index (χ4v) is 13.8. The van der Waals surface area contributed by atoms with Crippen LogP contribution in [-0.4, -0.2) is 366 Å². The molecule has 3 saturated heterocycles. The number of nitrogens with one attached hydrogen (secondary N) is 5. The maximum atomic E-state index is 14.2. The number of alkyl carbamates (subject to hydrolysis) is 1. The van der Waals surface area contributed by atoms with Crippen molar-refractivity contribution < 1.29 is 160 Å². The Hall–Kier alpha value is -5.00. The first-order valence-corrected chi connectivity index (χ1v) is 43.4. The number of unbranched alkanes of at least 4 members (excludes halogenated alkanes) is 7. The molecular weight excluding hydrogens is 1590 g/mol. The van der Waals surface area contributed by atoms with Crippen molar-refractivity contribution in [1.82, 2.24) is 26.6 Å². The summed E-state index contributed by atoms with van der Waals surface area (Å²) in [6, 6.07) is 9.43. The van der Waals surface area contributed by atoms with Crippen LogP contribution in [0, 0.1) is 23.2 Å². The van der Waals surface area contributed by atoms with Crippen LogP contribution in [0.4, 0.5) is 4.79 Å². The topological polar surface area (TPSA) is 511 Å². The van der Waals surface area contributed by atoms with Gasteiger partial charge in [-0.3, -0.25) is 24.0 Å². The molecule has 15 unspecified atom stereocenters. The quantitative estimate of drug-likeness (QED) is 0.0312. The number of carbonyl (C=O) groups excluding carboxylic acids is 6. The average Bonchev–Trinajstić information content (AvgIpc) is 0.829. The van der Waals surface area contributed by atoms with Crippen LogP contribution in [0.1, 0.15) is 148 Å². The molecule has 1 aliphatic carbocycles. The molecule has 5 amide bonds. The zero-order valence-electron chi connectivity index (χ0n) is 71.4. The normalized spacial score (nSPS) is 24.7. The third-order valence-electron chi connectivity index (χ3n) is 21.1. The summed E-state index contributed by atoms with van der Waals surface area (Å²) in [6.45, 7) is 7.86. The third kappa shape index (κ3) is 44.8. The van der Waals surface area contributed by atoms with Gasteiger partial charge in [0.05, 0.1) is 190 Å². The van der Waals surface area contributed by atoms with E-state index in [0.29, 0.717) is 26.0 Å². The molecule has 0 spiro atoms. The molecule has 38 nitrogen and oxygen atoms in total. The minimum absolute atomic E-state index is 0.0432. The molecular formula is C83H145N5O33. The summed E-state index contributed by atoms with van der Waals surface area (Å²) in [6.07, 6.45) is -1.32. The van der Waals surface area contributed by atoms with Crippen LogP contribution < -0.4 is 26.6 Å². The molecule has 1 aromatic rings. The second-order valence-electron chi connectivity index (χ2n) is 31.0. The van der Waals surface area contributed by atoms with Crippen molar-refractivity contribution in [2.45, 2.75) is 229 Å². The number of benzene rings is 1. The number of rotatable bonds is 71. The van der Waals surface area contributed by atoms with Crippen molar-refractivity contribution in [2.24, 2.45) is 23.2 Å². The Morgan fingerprint density at radius 1 is 0.380 bits per heavy atom. The maximum Gasteiger partial charge on any atom is 0.407 e. The third-order valence-corrected chi connectivity index (χ3v) is 21.1. The first-order valence-electron chi connectivity index (χ1n) is 43.4. The van der Waals surface area contributed by atoms with Gasteiger partial charge in [0, 0.05) is 107 Å². The van der Waals surface area contributed by atoms with E-state index in [1.165, 1.54) is 0 Å². The van der Waals surface area contributed by atoms with Gasteiger partial charge in [-0.25, -0.2) is 4.79 Å². The number of amides is 5. The van der Waals surface area contributed by atoms with Crippen LogP contribution >= 0.6 is 0 Å². The predicted octanol–water partition coefficient (Wildman–Crippen LogP) is 0.513. The SMILES string of the molecule is CC1C(OCCOCCOCCNC(=O)CCOCC(COCCC(=O)NCCOCCOCCOC2OC(CO)C(O)C(O)C2C)(COCCC(=O)NCCOCCOCCOC2OC(CO)C(O)C(O)C2C)CC(=O)CCCCCCCCCCC(=O)NCCOC2(OCCNC(=O)OCc3ccccc3)CCCCC2)OC(CO)C(O)C1O. The lowest BCUT2D eigenvalue weighted by Gasteiger charge is -2.40. The zero-order chi connectivity index (χ0) is 87.6. The Bertz CT molecular complexity index is 2680. The molecule has 700 valence electrons. The van der Waals surface area contributed by atoms with E-state index in [9.17, 15) is 74.7 Å². The van der Waals surface area contributed by atoms with E-state index in [2.05, 4.69) is 26.6 Å². The number of aliphatic hydroxyl groups excluding tert-OH is 9. The van der Waals surface area contributed by atoms with Crippen molar-refractivity contribution in [3.63, 3.8) is 0 Å². The van der Waals surface area contributed by atoms with Crippen molar-refractivity contribution in [2.75, 3.05) is 205 Å². The van der Waals surface area contributed by atoms with E-state index in [1.54, 1.807) is 20.8 Å². The van der Waals surface area contributed by atoms with Crippen LogP contribution in [0.3, 0.4) is 0 Å². The van der Waals surface area contributed by atoms with Gasteiger partial charge in [0.2, 0.25) is 23.6 Å². The summed E-state index contributed by atoms with van der Waals surface area (Å²) in [5.74, 6) is -3.47. The summed E-state index contributed by atoms with van der Waals surface area (Å²) in [5, 5.41) is 104. The van der Waals surface area contributed by atoms with E-state index in [0.717, 1.165) is 82.6 Å². The van der Waals surface area contributed by atoms with E-state index >= 15 is 0 Å². The lowest BCUT2D eigenvalue weighted by Crippen LogP contribution is -2.55. The van der Waals surface area contributed by atoms with Gasteiger partial charge in [0.25, 0.3) is 0 Å². The second kappa shape index (κ2) is 64.7. The molecule has 3 heterocycles. The summed E-state index contributed by atoms with van der Waals surface area (Å²) in [4.78, 5) is 78.4. The molecule has 1 aromatic carbocycles. The van der Waals surface area contributed by atoms with Crippen molar-refractivity contribution in [3.05, 3.63) is 35.9 Å². The van der Waals surface area contributed by atoms with Gasteiger partial charge in [-0.1, -0.05) is 96.0 Å². The van der Waals surface area contributed by atoms with E-state index < -0.39 is 129 Å². The summed E-state index contributed by atoms with van der Waals surface area (Å²) >= 11 is 0. The van der Waals surface area contributed by atoms with Crippen LogP contribution in [0.2, 0.25) is 0 Å². The largest absolute Gasteiger partial charge is 0.445 e. The number of aliphatic hydroxyl groups is 9. The van der Waals surface area contributed by atoms with E-state index in [-0.39, 0.29) is 240 Å². The molecule has 4 fully saturated rings. The van der Waals surface area contributed by atoms with E-state index in [1.807, 2.05) is 30.3 Å². The van der Waals surface area contributed by atoms with Gasteiger partial charge >= 0.3 is 6.09 Å². The Balaban J connectivity index is 1.05. The average molecular weight is 1740 g/mol. The Morgan fingerprint density at radius 3 is 1.09 bits per heavy atom. The lowest BCUT2D eigenvalue weighted by atomic mass is 9.84. The van der Waals surface area contributed by atoms with Crippen molar-refractivity contribution in [3.8, 4) is 0 Å².